The third kappa shape index (κ3) is 3.15. The lowest BCUT2D eigenvalue weighted by atomic mass is 10.2. The van der Waals surface area contributed by atoms with E-state index >= 15 is 0 Å². The molecule has 0 fully saturated rings. The monoisotopic (exact) mass is 408 g/mol. The normalized spacial score (nSPS) is 11.6. The lowest BCUT2D eigenvalue weighted by Gasteiger charge is -2.09. The first kappa shape index (κ1) is 14.5. The van der Waals surface area contributed by atoms with E-state index in [-0.39, 0.29) is 9.63 Å². The van der Waals surface area contributed by atoms with Crippen LogP contribution in [-0.2, 0) is 17.1 Å². The van der Waals surface area contributed by atoms with Gasteiger partial charge in [0.25, 0.3) is 10.0 Å². The Labute approximate surface area is 127 Å². The van der Waals surface area contributed by atoms with E-state index in [0.717, 1.165) is 10.0 Å². The first-order chi connectivity index (χ1) is 8.79. The van der Waals surface area contributed by atoms with Gasteiger partial charge in [0.2, 0.25) is 5.03 Å². The van der Waals surface area contributed by atoms with Crippen LogP contribution in [0.3, 0.4) is 0 Å². The molecule has 0 saturated heterocycles. The van der Waals surface area contributed by atoms with Gasteiger partial charge in [-0.1, -0.05) is 21.1 Å². The molecule has 19 heavy (non-hydrogen) atoms. The Balaban J connectivity index is 2.42. The molecule has 0 amide bonds. The number of nitrogens with zero attached hydrogens (tertiary/aromatic N) is 3. The highest BCUT2D eigenvalue weighted by atomic mass is 79.9. The Morgan fingerprint density at radius 1 is 1.26 bits per heavy atom. The summed E-state index contributed by atoms with van der Waals surface area (Å²) in [6.07, 6.45) is 0. The topological polar surface area (TPSA) is 76.9 Å². The van der Waals surface area contributed by atoms with Gasteiger partial charge in [-0.15, -0.1) is 5.10 Å². The van der Waals surface area contributed by atoms with Crippen LogP contribution in [0, 0.1) is 6.92 Å². The van der Waals surface area contributed by atoms with Crippen LogP contribution in [0.15, 0.2) is 32.3 Å². The predicted molar refractivity (Wildman–Crippen MR) is 78.4 cm³/mol. The summed E-state index contributed by atoms with van der Waals surface area (Å²) in [5.74, 6) is 0. The molecule has 6 nitrogen and oxygen atoms in total. The second-order valence-corrected chi connectivity index (χ2v) is 7.20. The Kier molecular flexibility index (Phi) is 3.98. The molecule has 0 spiro atoms. The van der Waals surface area contributed by atoms with E-state index in [4.69, 9.17) is 0 Å². The van der Waals surface area contributed by atoms with Gasteiger partial charge in [-0.05, 0) is 46.6 Å². The smallest absolute Gasteiger partial charge is 0.278 e. The second kappa shape index (κ2) is 5.22. The van der Waals surface area contributed by atoms with Gasteiger partial charge in [-0.2, -0.15) is 8.42 Å². The maximum absolute atomic E-state index is 12.3. The van der Waals surface area contributed by atoms with Crippen molar-refractivity contribution in [1.82, 2.24) is 15.0 Å². The molecular formula is C10H10Br2N4O2S. The highest BCUT2D eigenvalue weighted by Crippen LogP contribution is 2.24. The second-order valence-electron chi connectivity index (χ2n) is 3.93. The maximum atomic E-state index is 12.3. The zero-order chi connectivity index (χ0) is 14.2. The highest BCUT2D eigenvalue weighted by molar-refractivity contribution is 9.10. The van der Waals surface area contributed by atoms with Crippen LogP contribution < -0.4 is 4.72 Å². The van der Waals surface area contributed by atoms with Crippen LogP contribution in [0.1, 0.15) is 5.56 Å². The number of nitrogens with one attached hydrogen (secondary N) is 1. The van der Waals surface area contributed by atoms with Crippen molar-refractivity contribution in [2.24, 2.45) is 7.05 Å². The number of sulfonamides is 1. The Morgan fingerprint density at radius 2 is 1.95 bits per heavy atom. The molecule has 1 N–H and O–H groups in total. The number of hydrogen-bond donors (Lipinski definition) is 1. The van der Waals surface area contributed by atoms with Crippen molar-refractivity contribution in [1.29, 1.82) is 0 Å². The van der Waals surface area contributed by atoms with E-state index in [0.29, 0.717) is 5.69 Å². The third-order valence-electron chi connectivity index (χ3n) is 2.29. The van der Waals surface area contributed by atoms with Crippen LogP contribution in [0.4, 0.5) is 5.69 Å². The molecule has 1 aromatic carbocycles. The van der Waals surface area contributed by atoms with Crippen LogP contribution in [-0.4, -0.2) is 23.4 Å². The lowest BCUT2D eigenvalue weighted by Crippen LogP contribution is -2.17. The van der Waals surface area contributed by atoms with Gasteiger partial charge in [-0.3, -0.25) is 4.72 Å². The van der Waals surface area contributed by atoms with Gasteiger partial charge in [0, 0.05) is 11.5 Å². The summed E-state index contributed by atoms with van der Waals surface area (Å²) in [5.41, 5.74) is 1.41. The number of halogens is 2. The fourth-order valence-corrected chi connectivity index (χ4v) is 4.35. The molecule has 2 aromatic rings. The summed E-state index contributed by atoms with van der Waals surface area (Å²) in [7, 11) is -2.23. The average molecular weight is 410 g/mol. The van der Waals surface area contributed by atoms with Crippen molar-refractivity contribution >= 4 is 47.6 Å². The molecule has 0 aliphatic carbocycles. The molecule has 0 radical (unpaired) electrons. The van der Waals surface area contributed by atoms with Crippen LogP contribution in [0.5, 0.6) is 0 Å². The fraction of sp³-hybridized carbons (Fsp3) is 0.200. The van der Waals surface area contributed by atoms with E-state index in [1.807, 2.05) is 13.0 Å². The first-order valence-corrected chi connectivity index (χ1v) is 8.22. The van der Waals surface area contributed by atoms with Crippen LogP contribution >= 0.6 is 31.9 Å². The number of hydrogen-bond acceptors (Lipinski definition) is 4. The SMILES string of the molecule is Cc1cc(Br)cc(NS(=O)(=O)c2c(Br)nnn2C)c1. The van der Waals surface area contributed by atoms with E-state index in [2.05, 4.69) is 46.9 Å². The molecule has 0 atom stereocenters. The molecule has 1 aromatic heterocycles. The minimum Gasteiger partial charge on any atom is -0.278 e. The zero-order valence-corrected chi connectivity index (χ0v) is 14.0. The molecule has 0 unspecified atom stereocenters. The van der Waals surface area contributed by atoms with Crippen molar-refractivity contribution in [2.75, 3.05) is 4.72 Å². The van der Waals surface area contributed by atoms with Crippen molar-refractivity contribution in [2.45, 2.75) is 11.9 Å². The number of benzene rings is 1. The van der Waals surface area contributed by atoms with Crippen molar-refractivity contribution in [3.05, 3.63) is 32.8 Å². The average Bonchev–Trinajstić information content (AvgIpc) is 2.56. The molecular weight excluding hydrogens is 400 g/mol. The molecule has 0 aliphatic rings. The Bertz CT molecular complexity index is 687. The number of aromatic nitrogens is 3. The van der Waals surface area contributed by atoms with Gasteiger partial charge in [0.05, 0.1) is 5.69 Å². The zero-order valence-electron chi connectivity index (χ0n) is 10.1. The standard InChI is InChI=1S/C10H10Br2N4O2S/c1-6-3-7(11)5-8(4-6)14-19(17,18)10-9(12)13-15-16(10)2/h3-5,14H,1-2H3. The summed E-state index contributed by atoms with van der Waals surface area (Å²) in [4.78, 5) is 0. The minimum absolute atomic E-state index is 0.0230. The molecule has 1 heterocycles. The van der Waals surface area contributed by atoms with Crippen LogP contribution in [0.25, 0.3) is 0 Å². The van der Waals surface area contributed by atoms with Gasteiger partial charge < -0.3 is 0 Å². The molecule has 0 saturated carbocycles. The van der Waals surface area contributed by atoms with Gasteiger partial charge in [0.1, 0.15) is 0 Å². The molecule has 102 valence electrons. The molecule has 9 heteroatoms. The van der Waals surface area contributed by atoms with Gasteiger partial charge in [0.15, 0.2) is 4.60 Å². The van der Waals surface area contributed by atoms with Crippen LogP contribution in [0.2, 0.25) is 0 Å². The molecule has 2 rings (SSSR count). The van der Waals surface area contributed by atoms with E-state index in [1.54, 1.807) is 12.1 Å². The summed E-state index contributed by atoms with van der Waals surface area (Å²) in [6, 6.07) is 5.31. The maximum Gasteiger partial charge on any atom is 0.281 e. The minimum atomic E-state index is -3.74. The quantitative estimate of drug-likeness (QED) is 0.844. The van der Waals surface area contributed by atoms with Crippen molar-refractivity contribution in [3.8, 4) is 0 Å². The van der Waals surface area contributed by atoms with Gasteiger partial charge in [-0.25, -0.2) is 4.68 Å². The largest absolute Gasteiger partial charge is 0.281 e. The van der Waals surface area contributed by atoms with E-state index < -0.39 is 10.0 Å². The third-order valence-corrected chi connectivity index (χ3v) is 5.01. The summed E-state index contributed by atoms with van der Waals surface area (Å²) < 4.78 is 29.2. The highest BCUT2D eigenvalue weighted by Gasteiger charge is 2.24. The van der Waals surface area contributed by atoms with Crippen molar-refractivity contribution < 1.29 is 8.42 Å². The first-order valence-electron chi connectivity index (χ1n) is 5.15. The van der Waals surface area contributed by atoms with Gasteiger partial charge >= 0.3 is 0 Å². The molecule has 0 bridgehead atoms. The summed E-state index contributed by atoms with van der Waals surface area (Å²) in [6.45, 7) is 1.88. The summed E-state index contributed by atoms with van der Waals surface area (Å²) in [5, 5.41) is 7.29. The van der Waals surface area contributed by atoms with E-state index in [9.17, 15) is 8.42 Å². The Hall–Kier alpha value is -0.930. The molecule has 0 aliphatic heterocycles. The van der Waals surface area contributed by atoms with E-state index in [1.165, 1.54) is 11.7 Å². The van der Waals surface area contributed by atoms with Crippen molar-refractivity contribution in [3.63, 3.8) is 0 Å². The fourth-order valence-electron chi connectivity index (χ4n) is 1.61. The lowest BCUT2D eigenvalue weighted by molar-refractivity contribution is 0.578. The Morgan fingerprint density at radius 3 is 2.47 bits per heavy atom. The number of anilines is 1. The number of rotatable bonds is 3. The predicted octanol–water partition coefficient (Wildman–Crippen LogP) is 2.45. The number of aryl methyl sites for hydroxylation is 2. The summed E-state index contributed by atoms with van der Waals surface area (Å²) >= 11 is 6.40.